The third-order valence-electron chi connectivity index (χ3n) is 1.78. The van der Waals surface area contributed by atoms with Gasteiger partial charge in [-0.25, -0.2) is 14.4 Å². The van der Waals surface area contributed by atoms with Crippen LogP contribution in [0.2, 0.25) is 0 Å². The van der Waals surface area contributed by atoms with Gasteiger partial charge in [0.15, 0.2) is 5.82 Å². The quantitative estimate of drug-likeness (QED) is 0.453. The number of rotatable bonds is 7. The van der Waals surface area contributed by atoms with E-state index < -0.39 is 0 Å². The molecule has 0 atom stereocenters. The van der Waals surface area contributed by atoms with Crippen LogP contribution in [0, 0.1) is 5.82 Å². The molecule has 6 heteroatoms. The Hall–Kier alpha value is -0.880. The molecule has 0 saturated carbocycles. The smallest absolute Gasteiger partial charge is 0.223 e. The van der Waals surface area contributed by atoms with E-state index in [-0.39, 0.29) is 5.82 Å². The third-order valence-corrected chi connectivity index (χ3v) is 2.83. The van der Waals surface area contributed by atoms with Crippen molar-refractivity contribution in [1.29, 1.82) is 0 Å². The summed E-state index contributed by atoms with van der Waals surface area (Å²) in [6, 6.07) is 0. The second kappa shape index (κ2) is 7.40. The van der Waals surface area contributed by atoms with E-state index in [1.54, 1.807) is 7.11 Å². The number of hydrogen-bond donors (Lipinski definition) is 1. The molecule has 0 fully saturated rings. The predicted octanol–water partition coefficient (Wildman–Crippen LogP) is 2.18. The molecule has 1 N–H and O–H groups in total. The first-order valence-electron chi connectivity index (χ1n) is 5.16. The number of halogens is 1. The molecular weight excluding hydrogens is 229 g/mol. The van der Waals surface area contributed by atoms with Gasteiger partial charge >= 0.3 is 0 Å². The van der Waals surface area contributed by atoms with Crippen LogP contribution >= 0.6 is 11.8 Å². The van der Waals surface area contributed by atoms with E-state index >= 15 is 0 Å². The Morgan fingerprint density at radius 3 is 3.06 bits per heavy atom. The lowest BCUT2D eigenvalue weighted by molar-refractivity contribution is 0.200. The van der Waals surface area contributed by atoms with Gasteiger partial charge in [-0.05, 0) is 13.3 Å². The van der Waals surface area contributed by atoms with E-state index in [0.29, 0.717) is 17.6 Å². The number of hydrogen-bond acceptors (Lipinski definition) is 5. The second-order valence-electron chi connectivity index (χ2n) is 3.07. The summed E-state index contributed by atoms with van der Waals surface area (Å²) in [5.41, 5.74) is 0. The molecule has 0 aliphatic heterocycles. The van der Waals surface area contributed by atoms with Crippen molar-refractivity contribution in [3.8, 4) is 0 Å². The topological polar surface area (TPSA) is 47.0 Å². The average Bonchev–Trinajstić information content (AvgIpc) is 2.29. The molecule has 0 aromatic carbocycles. The van der Waals surface area contributed by atoms with E-state index in [2.05, 4.69) is 15.3 Å². The van der Waals surface area contributed by atoms with Crippen molar-refractivity contribution in [2.24, 2.45) is 0 Å². The maximum atomic E-state index is 13.3. The van der Waals surface area contributed by atoms with Crippen molar-refractivity contribution in [3.05, 3.63) is 12.0 Å². The second-order valence-corrected chi connectivity index (χ2v) is 4.16. The zero-order valence-electron chi connectivity index (χ0n) is 9.49. The molecule has 1 aromatic rings. The van der Waals surface area contributed by atoms with Crippen LogP contribution in [-0.2, 0) is 4.74 Å². The van der Waals surface area contributed by atoms with Gasteiger partial charge < -0.3 is 10.1 Å². The summed E-state index contributed by atoms with van der Waals surface area (Å²) in [7, 11) is 1.65. The van der Waals surface area contributed by atoms with Crippen LogP contribution in [0.15, 0.2) is 11.2 Å². The molecule has 0 unspecified atom stereocenters. The molecule has 1 aromatic heterocycles. The molecule has 0 radical (unpaired) electrons. The molecule has 90 valence electrons. The first-order chi connectivity index (χ1) is 7.77. The van der Waals surface area contributed by atoms with E-state index in [4.69, 9.17) is 4.74 Å². The molecule has 0 spiro atoms. The standard InChI is InChI=1S/C10H16FN3OS/c1-3-12-10-13-7-8(11)9(14-10)16-6-4-5-15-2/h7H,3-6H2,1-2H3,(H,12,13,14). The van der Waals surface area contributed by atoms with E-state index in [0.717, 1.165) is 18.7 Å². The molecular formula is C10H16FN3OS. The van der Waals surface area contributed by atoms with Crippen LogP contribution in [0.25, 0.3) is 0 Å². The van der Waals surface area contributed by atoms with Crippen molar-refractivity contribution >= 4 is 17.7 Å². The van der Waals surface area contributed by atoms with E-state index in [9.17, 15) is 4.39 Å². The summed E-state index contributed by atoms with van der Waals surface area (Å²) in [5, 5.41) is 3.34. The summed E-state index contributed by atoms with van der Waals surface area (Å²) >= 11 is 1.38. The van der Waals surface area contributed by atoms with Crippen molar-refractivity contribution < 1.29 is 9.13 Å². The average molecular weight is 245 g/mol. The van der Waals surface area contributed by atoms with Crippen molar-refractivity contribution in [1.82, 2.24) is 9.97 Å². The monoisotopic (exact) mass is 245 g/mol. The predicted molar refractivity (Wildman–Crippen MR) is 63.4 cm³/mol. The van der Waals surface area contributed by atoms with Gasteiger partial charge in [-0.1, -0.05) is 0 Å². The highest BCUT2D eigenvalue weighted by molar-refractivity contribution is 7.99. The van der Waals surface area contributed by atoms with Gasteiger partial charge in [0.1, 0.15) is 5.03 Å². The lowest BCUT2D eigenvalue weighted by Crippen LogP contribution is -2.04. The number of nitrogens with zero attached hydrogens (tertiary/aromatic N) is 2. The molecule has 16 heavy (non-hydrogen) atoms. The van der Waals surface area contributed by atoms with Gasteiger partial charge in [0.2, 0.25) is 5.95 Å². The normalized spacial score (nSPS) is 10.4. The van der Waals surface area contributed by atoms with Crippen molar-refractivity contribution in [2.45, 2.75) is 18.4 Å². The van der Waals surface area contributed by atoms with Crippen molar-refractivity contribution in [3.63, 3.8) is 0 Å². The molecule has 4 nitrogen and oxygen atoms in total. The number of methoxy groups -OCH3 is 1. The number of aromatic nitrogens is 2. The van der Waals surface area contributed by atoms with E-state index in [1.807, 2.05) is 6.92 Å². The Balaban J connectivity index is 2.52. The molecule has 0 aliphatic rings. The van der Waals surface area contributed by atoms with Crippen LogP contribution in [0.4, 0.5) is 10.3 Å². The number of anilines is 1. The highest BCUT2D eigenvalue weighted by atomic mass is 32.2. The van der Waals surface area contributed by atoms with Gasteiger partial charge in [0.25, 0.3) is 0 Å². The minimum absolute atomic E-state index is 0.371. The van der Waals surface area contributed by atoms with E-state index in [1.165, 1.54) is 18.0 Å². The fourth-order valence-corrected chi connectivity index (χ4v) is 1.87. The van der Waals surface area contributed by atoms with Gasteiger partial charge in [0.05, 0.1) is 6.20 Å². The fourth-order valence-electron chi connectivity index (χ4n) is 1.07. The molecule has 0 saturated heterocycles. The van der Waals surface area contributed by atoms with Crippen LogP contribution < -0.4 is 5.32 Å². The van der Waals surface area contributed by atoms with Crippen LogP contribution in [0.1, 0.15) is 13.3 Å². The first-order valence-corrected chi connectivity index (χ1v) is 6.14. The Labute approximate surface area is 99.0 Å². The number of thioether (sulfide) groups is 1. The molecule has 1 rings (SSSR count). The minimum atomic E-state index is -0.371. The lowest BCUT2D eigenvalue weighted by atomic mass is 10.5. The van der Waals surface area contributed by atoms with Crippen LogP contribution in [0.3, 0.4) is 0 Å². The SMILES string of the molecule is CCNc1ncc(F)c(SCCCOC)n1. The highest BCUT2D eigenvalue weighted by Gasteiger charge is 2.06. The number of nitrogens with one attached hydrogen (secondary N) is 1. The van der Waals surface area contributed by atoms with Gasteiger partial charge in [-0.15, -0.1) is 11.8 Å². The molecule has 0 aliphatic carbocycles. The lowest BCUT2D eigenvalue weighted by Gasteiger charge is -2.05. The Morgan fingerprint density at radius 2 is 2.38 bits per heavy atom. The number of ether oxygens (including phenoxy) is 1. The molecule has 1 heterocycles. The maximum absolute atomic E-state index is 13.3. The first kappa shape index (κ1) is 13.2. The summed E-state index contributed by atoms with van der Waals surface area (Å²) in [4.78, 5) is 7.92. The highest BCUT2D eigenvalue weighted by Crippen LogP contribution is 2.20. The third kappa shape index (κ3) is 4.32. The largest absolute Gasteiger partial charge is 0.385 e. The minimum Gasteiger partial charge on any atom is -0.385 e. The van der Waals surface area contributed by atoms with Gasteiger partial charge in [-0.3, -0.25) is 0 Å². The van der Waals surface area contributed by atoms with Crippen LogP contribution in [-0.4, -0.2) is 36.0 Å². The molecule has 0 amide bonds. The maximum Gasteiger partial charge on any atom is 0.223 e. The zero-order valence-corrected chi connectivity index (χ0v) is 10.3. The Bertz CT molecular complexity index is 325. The van der Waals surface area contributed by atoms with Gasteiger partial charge in [0, 0.05) is 26.0 Å². The zero-order chi connectivity index (χ0) is 11.8. The summed E-state index contributed by atoms with van der Waals surface area (Å²) in [6.07, 6.45) is 2.07. The summed E-state index contributed by atoms with van der Waals surface area (Å²) < 4.78 is 18.2. The molecule has 0 bridgehead atoms. The summed E-state index contributed by atoms with van der Waals surface area (Å²) in [6.45, 7) is 3.34. The summed E-state index contributed by atoms with van der Waals surface area (Å²) in [5.74, 6) is 0.884. The van der Waals surface area contributed by atoms with Crippen molar-refractivity contribution in [2.75, 3.05) is 31.3 Å². The van der Waals surface area contributed by atoms with Gasteiger partial charge in [-0.2, -0.15) is 0 Å². The Kier molecular flexibility index (Phi) is 6.10. The Morgan fingerprint density at radius 1 is 1.56 bits per heavy atom. The van der Waals surface area contributed by atoms with Crippen LogP contribution in [0.5, 0.6) is 0 Å². The fraction of sp³-hybridized carbons (Fsp3) is 0.600.